The summed E-state index contributed by atoms with van der Waals surface area (Å²) in [4.78, 5) is 46.2. The summed E-state index contributed by atoms with van der Waals surface area (Å²) in [7, 11) is 0. The van der Waals surface area contributed by atoms with Crippen molar-refractivity contribution in [2.24, 2.45) is 0 Å². The number of amides is 1. The van der Waals surface area contributed by atoms with Gasteiger partial charge in [-0.2, -0.15) is 18.2 Å². The number of hydroxylamine groups is 1. The number of aromatic nitrogens is 1. The Hall–Kier alpha value is -3.47. The van der Waals surface area contributed by atoms with Crippen LogP contribution in [0.15, 0.2) is 42.6 Å². The first-order valence-corrected chi connectivity index (χ1v) is 9.57. The average Bonchev–Trinajstić information content (AvgIpc) is 2.74. The summed E-state index contributed by atoms with van der Waals surface area (Å²) in [6.45, 7) is 2.94. The third-order valence-electron chi connectivity index (χ3n) is 3.94. The minimum atomic E-state index is -4.50. The van der Waals surface area contributed by atoms with Crippen molar-refractivity contribution in [3.8, 4) is 0 Å². The van der Waals surface area contributed by atoms with Crippen LogP contribution in [0.1, 0.15) is 41.8 Å². The van der Waals surface area contributed by atoms with Crippen LogP contribution < -0.4 is 5.06 Å². The van der Waals surface area contributed by atoms with E-state index in [0.717, 1.165) is 12.1 Å². The standard InChI is InChI=1S/C21H21F3N2O6/c1-3-30-18(28)12-17(27)26(19-16(6-5-11-25-19)20(29)31-4-2)32-13-14-7-9-15(10-8-14)21(22,23)24/h5-11H,3-4,12-13H2,1-2H3. The fraction of sp³-hybridized carbons (Fsp3) is 0.333. The molecule has 0 aliphatic heterocycles. The fourth-order valence-electron chi connectivity index (χ4n) is 2.51. The number of esters is 2. The van der Waals surface area contributed by atoms with Crippen LogP contribution in [-0.2, 0) is 36.7 Å². The maximum atomic E-state index is 12.7. The van der Waals surface area contributed by atoms with Crippen LogP contribution in [-0.4, -0.2) is 36.0 Å². The number of alkyl halides is 3. The number of ether oxygens (including phenoxy) is 2. The van der Waals surface area contributed by atoms with E-state index >= 15 is 0 Å². The molecule has 0 aliphatic carbocycles. The van der Waals surface area contributed by atoms with E-state index in [9.17, 15) is 27.6 Å². The fourth-order valence-corrected chi connectivity index (χ4v) is 2.51. The number of halogens is 3. The molecular formula is C21H21F3N2O6. The SMILES string of the molecule is CCOC(=O)CC(=O)N(OCc1ccc(C(F)(F)F)cc1)c1ncccc1C(=O)OCC. The van der Waals surface area contributed by atoms with Crippen LogP contribution in [0.3, 0.4) is 0 Å². The van der Waals surface area contributed by atoms with Crippen LogP contribution in [0.2, 0.25) is 0 Å². The van der Waals surface area contributed by atoms with Crippen LogP contribution in [0.4, 0.5) is 19.0 Å². The summed E-state index contributed by atoms with van der Waals surface area (Å²) in [6.07, 6.45) is -3.91. The molecule has 0 saturated carbocycles. The molecule has 1 aromatic heterocycles. The summed E-state index contributed by atoms with van der Waals surface area (Å²) >= 11 is 0. The lowest BCUT2D eigenvalue weighted by Crippen LogP contribution is -2.35. The molecular weight excluding hydrogens is 433 g/mol. The van der Waals surface area contributed by atoms with Crippen molar-refractivity contribution in [2.75, 3.05) is 18.3 Å². The second-order valence-corrected chi connectivity index (χ2v) is 6.23. The molecule has 0 atom stereocenters. The quantitative estimate of drug-likeness (QED) is 0.324. The Kier molecular flexibility index (Phi) is 8.71. The van der Waals surface area contributed by atoms with E-state index in [1.54, 1.807) is 13.8 Å². The van der Waals surface area contributed by atoms with Gasteiger partial charge in [0.05, 0.1) is 18.8 Å². The van der Waals surface area contributed by atoms with Gasteiger partial charge < -0.3 is 9.47 Å². The van der Waals surface area contributed by atoms with Gasteiger partial charge in [0.1, 0.15) is 18.6 Å². The lowest BCUT2D eigenvalue weighted by molar-refractivity contribution is -0.147. The van der Waals surface area contributed by atoms with Gasteiger partial charge in [0, 0.05) is 6.20 Å². The largest absolute Gasteiger partial charge is 0.466 e. The van der Waals surface area contributed by atoms with Crippen molar-refractivity contribution in [1.82, 2.24) is 4.98 Å². The molecule has 0 radical (unpaired) electrons. The zero-order valence-corrected chi connectivity index (χ0v) is 17.3. The highest BCUT2D eigenvalue weighted by atomic mass is 19.4. The van der Waals surface area contributed by atoms with E-state index in [1.165, 1.54) is 30.5 Å². The van der Waals surface area contributed by atoms with Crippen molar-refractivity contribution in [2.45, 2.75) is 33.1 Å². The molecule has 32 heavy (non-hydrogen) atoms. The topological polar surface area (TPSA) is 95.0 Å². The summed E-state index contributed by atoms with van der Waals surface area (Å²) < 4.78 is 48.0. The summed E-state index contributed by atoms with van der Waals surface area (Å²) in [6, 6.07) is 6.90. The van der Waals surface area contributed by atoms with Crippen molar-refractivity contribution in [3.63, 3.8) is 0 Å². The number of hydrogen-bond donors (Lipinski definition) is 0. The summed E-state index contributed by atoms with van der Waals surface area (Å²) in [5.74, 6) is -2.72. The van der Waals surface area contributed by atoms with Crippen LogP contribution in [0.25, 0.3) is 0 Å². The first-order valence-electron chi connectivity index (χ1n) is 9.57. The van der Waals surface area contributed by atoms with Crippen molar-refractivity contribution >= 4 is 23.7 Å². The third-order valence-corrected chi connectivity index (χ3v) is 3.94. The lowest BCUT2D eigenvalue weighted by atomic mass is 10.1. The first-order chi connectivity index (χ1) is 15.2. The van der Waals surface area contributed by atoms with Gasteiger partial charge in [0.15, 0.2) is 5.82 Å². The number of pyridine rings is 1. The van der Waals surface area contributed by atoms with Crippen molar-refractivity contribution in [1.29, 1.82) is 0 Å². The smallest absolute Gasteiger partial charge is 0.416 e. The molecule has 8 nitrogen and oxygen atoms in total. The van der Waals surface area contributed by atoms with E-state index in [4.69, 9.17) is 14.3 Å². The summed E-state index contributed by atoms with van der Waals surface area (Å²) in [5, 5.41) is 0.640. The van der Waals surface area contributed by atoms with Crippen LogP contribution in [0, 0.1) is 0 Å². The normalized spacial score (nSPS) is 11.0. The Morgan fingerprint density at radius 3 is 2.25 bits per heavy atom. The zero-order valence-electron chi connectivity index (χ0n) is 17.3. The molecule has 2 rings (SSSR count). The Labute approximate surface area is 181 Å². The average molecular weight is 454 g/mol. The monoisotopic (exact) mass is 454 g/mol. The second kappa shape index (κ2) is 11.2. The van der Waals surface area contributed by atoms with Gasteiger partial charge in [-0.25, -0.2) is 9.78 Å². The van der Waals surface area contributed by atoms with Gasteiger partial charge in [-0.05, 0) is 43.7 Å². The third kappa shape index (κ3) is 6.77. The number of anilines is 1. The van der Waals surface area contributed by atoms with Crippen LogP contribution in [0.5, 0.6) is 0 Å². The van der Waals surface area contributed by atoms with Crippen molar-refractivity contribution < 1.29 is 41.9 Å². The number of hydrogen-bond acceptors (Lipinski definition) is 7. The molecule has 1 heterocycles. The molecule has 172 valence electrons. The maximum absolute atomic E-state index is 12.7. The molecule has 0 aliphatic rings. The first kappa shape index (κ1) is 24.8. The molecule has 2 aromatic rings. The predicted molar refractivity (Wildman–Crippen MR) is 105 cm³/mol. The molecule has 0 N–H and O–H groups in total. The highest BCUT2D eigenvalue weighted by molar-refractivity contribution is 6.05. The minimum absolute atomic E-state index is 0.0518. The Morgan fingerprint density at radius 2 is 1.66 bits per heavy atom. The molecule has 0 fully saturated rings. The Bertz CT molecular complexity index is 947. The van der Waals surface area contributed by atoms with Crippen molar-refractivity contribution in [3.05, 3.63) is 59.3 Å². The second-order valence-electron chi connectivity index (χ2n) is 6.23. The number of carbonyl (C=O) groups is 3. The number of carbonyl (C=O) groups excluding carboxylic acids is 3. The van der Waals surface area contributed by atoms with E-state index in [0.29, 0.717) is 10.6 Å². The highest BCUT2D eigenvalue weighted by Crippen LogP contribution is 2.29. The van der Waals surface area contributed by atoms with Gasteiger partial charge >= 0.3 is 18.1 Å². The van der Waals surface area contributed by atoms with Gasteiger partial charge in [-0.1, -0.05) is 12.1 Å². The zero-order chi connectivity index (χ0) is 23.7. The molecule has 0 saturated heterocycles. The van der Waals surface area contributed by atoms with E-state index in [2.05, 4.69) is 4.98 Å². The maximum Gasteiger partial charge on any atom is 0.416 e. The minimum Gasteiger partial charge on any atom is -0.466 e. The van der Waals surface area contributed by atoms with E-state index < -0.39 is 36.0 Å². The number of rotatable bonds is 9. The molecule has 0 bridgehead atoms. The predicted octanol–water partition coefficient (Wildman–Crippen LogP) is 3.70. The van der Waals surface area contributed by atoms with Gasteiger partial charge in [0.2, 0.25) is 0 Å². The molecule has 1 amide bonds. The van der Waals surface area contributed by atoms with E-state index in [1.807, 2.05) is 0 Å². The lowest BCUT2D eigenvalue weighted by Gasteiger charge is -2.22. The molecule has 1 aromatic carbocycles. The molecule has 11 heteroatoms. The van der Waals surface area contributed by atoms with Gasteiger partial charge in [-0.3, -0.25) is 14.4 Å². The number of benzene rings is 1. The molecule has 0 spiro atoms. The summed E-state index contributed by atoms with van der Waals surface area (Å²) in [5.41, 5.74) is -0.634. The van der Waals surface area contributed by atoms with E-state index in [-0.39, 0.29) is 31.2 Å². The number of nitrogens with zero attached hydrogens (tertiary/aromatic N) is 2. The van der Waals surface area contributed by atoms with Crippen LogP contribution >= 0.6 is 0 Å². The van der Waals surface area contributed by atoms with Gasteiger partial charge in [0.25, 0.3) is 5.91 Å². The van der Waals surface area contributed by atoms with Gasteiger partial charge in [-0.15, -0.1) is 0 Å². The Balaban J connectivity index is 2.31. The molecule has 0 unspecified atom stereocenters. The highest BCUT2D eigenvalue weighted by Gasteiger charge is 2.30. The Morgan fingerprint density at radius 1 is 1.00 bits per heavy atom.